The normalized spacial score (nSPS) is 35.8. The average molecular weight is 850 g/mol. The first-order chi connectivity index (χ1) is 27.4. The van der Waals surface area contributed by atoms with E-state index in [2.05, 4.69) is 35.9 Å². The highest BCUT2D eigenvalue weighted by atomic mass is 79.9. The number of piperidine rings is 2. The van der Waals surface area contributed by atoms with Gasteiger partial charge in [0.2, 0.25) is 5.91 Å². The predicted molar refractivity (Wildman–Crippen MR) is 228 cm³/mol. The third-order valence-electron chi connectivity index (χ3n) is 15.5. The Morgan fingerprint density at radius 3 is 1.43 bits per heavy atom. The quantitative estimate of drug-likeness (QED) is 0.148. The van der Waals surface area contributed by atoms with Gasteiger partial charge in [-0.05, 0) is 165 Å². The lowest BCUT2D eigenvalue weighted by Gasteiger charge is -2.47. The van der Waals surface area contributed by atoms with Gasteiger partial charge in [-0.2, -0.15) is 0 Å². The maximum Gasteiger partial charge on any atom is 0.233 e. The Balaban J connectivity index is 0.000000173. The first-order valence-electron chi connectivity index (χ1n) is 24.1. The van der Waals surface area contributed by atoms with Crippen LogP contribution in [0.1, 0.15) is 154 Å². The van der Waals surface area contributed by atoms with Crippen molar-refractivity contribution in [1.82, 2.24) is 20.0 Å². The largest absolute Gasteiger partial charge is 0.392 e. The van der Waals surface area contributed by atoms with Crippen LogP contribution in [-0.2, 0) is 14.3 Å². The number of amides is 1. The van der Waals surface area contributed by atoms with Gasteiger partial charge in [0, 0.05) is 69.7 Å². The molecule has 0 aromatic heterocycles. The third-order valence-corrected chi connectivity index (χ3v) is 16.0. The summed E-state index contributed by atoms with van der Waals surface area (Å²) in [6.45, 7) is 8.67. The number of nitrogens with zero attached hydrogens (tertiary/aromatic N) is 3. The molecule has 0 spiro atoms. The number of rotatable bonds is 15. The lowest BCUT2D eigenvalue weighted by Crippen LogP contribution is -2.57. The topological polar surface area (TPSA) is 97.7 Å². The van der Waals surface area contributed by atoms with Crippen molar-refractivity contribution in [3.63, 3.8) is 0 Å². The van der Waals surface area contributed by atoms with Gasteiger partial charge < -0.3 is 39.7 Å². The van der Waals surface area contributed by atoms with Crippen molar-refractivity contribution in [2.45, 2.75) is 203 Å². The molecular weight excluding hydrogens is 768 g/mol. The molecule has 10 heteroatoms. The van der Waals surface area contributed by atoms with E-state index in [-0.39, 0.29) is 30.2 Å². The molecule has 2 saturated heterocycles. The molecule has 8 rings (SSSR count). The minimum absolute atomic E-state index is 0.0198. The van der Waals surface area contributed by atoms with E-state index >= 15 is 0 Å². The molecule has 9 nitrogen and oxygen atoms in total. The number of halogens is 1. The predicted octanol–water partition coefficient (Wildman–Crippen LogP) is 7.29. The minimum atomic E-state index is -0.350. The van der Waals surface area contributed by atoms with Gasteiger partial charge in [0.15, 0.2) is 0 Å². The molecule has 0 unspecified atom stereocenters. The maximum atomic E-state index is 12.8. The number of likely N-dealkylation sites (tertiary alicyclic amines) is 2. The van der Waals surface area contributed by atoms with Crippen LogP contribution in [0.3, 0.4) is 0 Å². The summed E-state index contributed by atoms with van der Waals surface area (Å²) in [7, 11) is 0. The molecule has 2 heterocycles. The van der Waals surface area contributed by atoms with E-state index in [1.54, 1.807) is 0 Å². The summed E-state index contributed by atoms with van der Waals surface area (Å²) in [6, 6.07) is 2.81. The maximum absolute atomic E-state index is 12.8. The smallest absolute Gasteiger partial charge is 0.233 e. The monoisotopic (exact) mass is 849 g/mol. The molecule has 8 aliphatic rings. The van der Waals surface area contributed by atoms with Crippen LogP contribution in [0.2, 0.25) is 0 Å². The molecule has 2 aliphatic heterocycles. The van der Waals surface area contributed by atoms with Crippen LogP contribution in [0.4, 0.5) is 0 Å². The summed E-state index contributed by atoms with van der Waals surface area (Å²) in [4.78, 5) is 20.3. The molecule has 0 bridgehead atoms. The lowest BCUT2D eigenvalue weighted by atomic mass is 9.84. The first kappa shape index (κ1) is 43.7. The van der Waals surface area contributed by atoms with Crippen LogP contribution in [0.25, 0.3) is 0 Å². The molecule has 0 aromatic carbocycles. The van der Waals surface area contributed by atoms with Crippen LogP contribution < -0.4 is 5.32 Å². The van der Waals surface area contributed by atoms with E-state index < -0.39 is 0 Å². The van der Waals surface area contributed by atoms with Gasteiger partial charge in [0.05, 0.1) is 23.6 Å². The number of ether oxygens (including phenoxy) is 2. The van der Waals surface area contributed by atoms with Crippen molar-refractivity contribution in [2.75, 3.05) is 57.9 Å². The SMILES string of the molecule is O=C(CBr)N(C1CCN(C2CCC(COCC3CC3)CC2)CC1)[C@@H]1CCCC[C@H]1O.O[C@@H]1CCCC[C@H]1NC1CCN(C2CCC(COCC3CC3)CC2)CC1. The van der Waals surface area contributed by atoms with E-state index in [4.69, 9.17) is 9.47 Å². The Bertz CT molecular complexity index is 1130. The van der Waals surface area contributed by atoms with Gasteiger partial charge in [-0.25, -0.2) is 0 Å². The van der Waals surface area contributed by atoms with E-state index in [9.17, 15) is 15.0 Å². The molecule has 0 aromatic rings. The average Bonchev–Trinajstić information content (AvgIpc) is 4.19. The second-order valence-corrected chi connectivity index (χ2v) is 20.4. The van der Waals surface area contributed by atoms with Gasteiger partial charge in [0.1, 0.15) is 0 Å². The van der Waals surface area contributed by atoms with E-state index in [0.717, 1.165) is 121 Å². The molecular formula is C46H81BrN4O5. The van der Waals surface area contributed by atoms with Gasteiger partial charge in [-0.1, -0.05) is 41.6 Å². The number of carbonyl (C=O) groups excluding carboxylic acids is 1. The molecule has 0 radical (unpaired) electrons. The van der Waals surface area contributed by atoms with Crippen molar-refractivity contribution < 1.29 is 24.5 Å². The first-order valence-corrected chi connectivity index (χ1v) is 25.2. The van der Waals surface area contributed by atoms with Gasteiger partial charge in [0.25, 0.3) is 0 Å². The van der Waals surface area contributed by atoms with Crippen LogP contribution >= 0.6 is 15.9 Å². The van der Waals surface area contributed by atoms with Crippen LogP contribution in [-0.4, -0.2) is 137 Å². The van der Waals surface area contributed by atoms with E-state index in [1.165, 1.54) is 116 Å². The van der Waals surface area contributed by atoms with Crippen molar-refractivity contribution in [3.8, 4) is 0 Å². The van der Waals surface area contributed by atoms with Crippen LogP contribution in [0.5, 0.6) is 0 Å². The standard InChI is InChI=1S/C24H41BrN2O3.C22H40N2O2/c25-15-24(29)27(22-3-1-2-4-23(22)28)21-11-13-26(14-12-21)20-9-7-19(8-10-20)17-30-16-18-5-6-18;25-22-4-2-1-3-21(22)23-19-11-13-24(14-12-19)20-9-7-18(8-10-20)16-26-15-17-5-6-17/h18-23,28H,1-17H2;17-23,25H,1-16H2/t19?,20?,22-,23-;18?,20?,21-,22-/m11/s1. The fraction of sp³-hybridized carbons (Fsp3) is 0.978. The molecule has 322 valence electrons. The lowest BCUT2D eigenvalue weighted by molar-refractivity contribution is -0.139. The fourth-order valence-electron chi connectivity index (χ4n) is 11.4. The number of alkyl halides is 1. The molecule has 6 saturated carbocycles. The zero-order valence-electron chi connectivity index (χ0n) is 35.1. The van der Waals surface area contributed by atoms with Crippen molar-refractivity contribution in [1.29, 1.82) is 0 Å². The Kier molecular flexibility index (Phi) is 17.6. The zero-order chi connectivity index (χ0) is 38.7. The van der Waals surface area contributed by atoms with E-state index in [0.29, 0.717) is 23.5 Å². The summed E-state index contributed by atoms with van der Waals surface area (Å²) in [5.41, 5.74) is 0. The fourth-order valence-corrected chi connectivity index (χ4v) is 11.7. The molecule has 3 N–H and O–H groups in total. The van der Waals surface area contributed by atoms with Crippen LogP contribution in [0.15, 0.2) is 0 Å². The Hall–Kier alpha value is -0.330. The number of aliphatic hydroxyl groups excluding tert-OH is 2. The second kappa shape index (κ2) is 22.5. The zero-order valence-corrected chi connectivity index (χ0v) is 36.7. The van der Waals surface area contributed by atoms with Crippen molar-refractivity contribution >= 4 is 21.8 Å². The highest BCUT2D eigenvalue weighted by Gasteiger charge is 2.39. The van der Waals surface area contributed by atoms with Gasteiger partial charge in [-0.15, -0.1) is 0 Å². The van der Waals surface area contributed by atoms with E-state index in [1.807, 2.05) is 0 Å². The molecule has 4 atom stereocenters. The minimum Gasteiger partial charge on any atom is -0.392 e. The van der Waals surface area contributed by atoms with Gasteiger partial charge >= 0.3 is 0 Å². The highest BCUT2D eigenvalue weighted by molar-refractivity contribution is 9.09. The molecule has 6 aliphatic carbocycles. The summed E-state index contributed by atoms with van der Waals surface area (Å²) in [6.07, 6.45) is 29.0. The van der Waals surface area contributed by atoms with Crippen molar-refractivity contribution in [2.24, 2.45) is 23.7 Å². The van der Waals surface area contributed by atoms with Crippen molar-refractivity contribution in [3.05, 3.63) is 0 Å². The second-order valence-electron chi connectivity index (χ2n) is 19.9. The number of aliphatic hydroxyl groups is 2. The molecule has 1 amide bonds. The highest BCUT2D eigenvalue weighted by Crippen LogP contribution is 2.35. The molecule has 56 heavy (non-hydrogen) atoms. The summed E-state index contributed by atoms with van der Waals surface area (Å²) in [5, 5.41) is 24.9. The number of carbonyl (C=O) groups is 1. The Morgan fingerprint density at radius 1 is 0.554 bits per heavy atom. The summed E-state index contributed by atoms with van der Waals surface area (Å²) in [5.74, 6) is 3.50. The number of hydrogen-bond donors (Lipinski definition) is 3. The van der Waals surface area contributed by atoms with Gasteiger partial charge in [-0.3, -0.25) is 4.79 Å². The number of nitrogens with one attached hydrogen (secondary N) is 1. The Morgan fingerprint density at radius 2 is 0.982 bits per heavy atom. The third kappa shape index (κ3) is 13.3. The summed E-state index contributed by atoms with van der Waals surface area (Å²) >= 11 is 3.38. The summed E-state index contributed by atoms with van der Waals surface area (Å²) < 4.78 is 11.9. The molecule has 8 fully saturated rings. The van der Waals surface area contributed by atoms with Crippen LogP contribution in [0, 0.1) is 23.7 Å². The Labute approximate surface area is 349 Å². The number of hydrogen-bond acceptors (Lipinski definition) is 8.